The van der Waals surface area contributed by atoms with Crippen molar-refractivity contribution in [3.63, 3.8) is 0 Å². The van der Waals surface area contributed by atoms with Crippen molar-refractivity contribution in [3.8, 4) is 0 Å². The Kier molecular flexibility index (Phi) is 1.65. The van der Waals surface area contributed by atoms with Crippen LogP contribution in [0.15, 0.2) is 0 Å². The predicted molar refractivity (Wildman–Crippen MR) is 46.5 cm³/mol. The van der Waals surface area contributed by atoms with Crippen molar-refractivity contribution in [1.29, 1.82) is 0 Å². The molecule has 2 atom stereocenters. The fraction of sp³-hybridized carbons (Fsp3) is 0.889. The van der Waals surface area contributed by atoms with E-state index in [9.17, 15) is 4.79 Å². The van der Waals surface area contributed by atoms with Crippen LogP contribution >= 0.6 is 0 Å². The third kappa shape index (κ3) is 1.22. The van der Waals surface area contributed by atoms with Gasteiger partial charge in [0.05, 0.1) is 6.04 Å². The minimum absolute atomic E-state index is 0.0735. The van der Waals surface area contributed by atoms with Gasteiger partial charge >= 0.3 is 0 Å². The minimum Gasteiger partial charge on any atom is -0.368 e. The molecule has 1 saturated carbocycles. The molecule has 0 spiro atoms. The summed E-state index contributed by atoms with van der Waals surface area (Å²) in [5.74, 6) is 0.598. The first-order valence-electron chi connectivity index (χ1n) is 4.69. The Hall–Kier alpha value is -0.570. The molecule has 0 aromatic carbocycles. The lowest BCUT2D eigenvalue weighted by atomic mass is 9.94. The van der Waals surface area contributed by atoms with Gasteiger partial charge in [-0.15, -0.1) is 0 Å². The first-order valence-corrected chi connectivity index (χ1v) is 4.69. The van der Waals surface area contributed by atoms with Gasteiger partial charge in [-0.3, -0.25) is 4.79 Å². The van der Waals surface area contributed by atoms with Crippen LogP contribution in [0, 0.1) is 5.92 Å². The van der Waals surface area contributed by atoms with Crippen LogP contribution < -0.4 is 11.1 Å². The lowest BCUT2D eigenvalue weighted by Gasteiger charge is -2.24. The van der Waals surface area contributed by atoms with Crippen molar-refractivity contribution in [2.75, 3.05) is 0 Å². The van der Waals surface area contributed by atoms with Gasteiger partial charge in [0.1, 0.15) is 0 Å². The Morgan fingerprint density at radius 3 is 2.58 bits per heavy atom. The smallest absolute Gasteiger partial charge is 0.234 e. The number of nitrogens with two attached hydrogens (primary N) is 1. The SMILES string of the molecule is CC1(C2CC2)CCC(C(N)=O)N1. The summed E-state index contributed by atoms with van der Waals surface area (Å²) in [5.41, 5.74) is 5.45. The Morgan fingerprint density at radius 1 is 1.50 bits per heavy atom. The molecule has 2 unspecified atom stereocenters. The van der Waals surface area contributed by atoms with Gasteiger partial charge in [-0.25, -0.2) is 0 Å². The maximum absolute atomic E-state index is 10.9. The maximum atomic E-state index is 10.9. The molecule has 2 aliphatic rings. The van der Waals surface area contributed by atoms with E-state index in [0.717, 1.165) is 18.8 Å². The van der Waals surface area contributed by atoms with E-state index in [2.05, 4.69) is 12.2 Å². The molecule has 1 aliphatic carbocycles. The lowest BCUT2D eigenvalue weighted by molar-refractivity contribution is -0.119. The van der Waals surface area contributed by atoms with Crippen LogP contribution in [-0.2, 0) is 4.79 Å². The number of amides is 1. The summed E-state index contributed by atoms with van der Waals surface area (Å²) in [6, 6.07) is -0.0735. The van der Waals surface area contributed by atoms with Crippen LogP contribution in [0.5, 0.6) is 0 Å². The molecule has 0 aromatic rings. The van der Waals surface area contributed by atoms with E-state index in [1.165, 1.54) is 12.8 Å². The second-order valence-corrected chi connectivity index (χ2v) is 4.33. The first-order chi connectivity index (χ1) is 5.62. The maximum Gasteiger partial charge on any atom is 0.234 e. The largest absolute Gasteiger partial charge is 0.368 e. The summed E-state index contributed by atoms with van der Waals surface area (Å²) in [6.45, 7) is 2.22. The second kappa shape index (κ2) is 2.46. The average Bonchev–Trinajstić information content (AvgIpc) is 2.77. The number of hydrogen-bond donors (Lipinski definition) is 2. The summed E-state index contributed by atoms with van der Waals surface area (Å²) in [6.07, 6.45) is 4.65. The summed E-state index contributed by atoms with van der Waals surface area (Å²) in [7, 11) is 0. The first kappa shape index (κ1) is 8.05. The normalized spacial score (nSPS) is 41.6. The van der Waals surface area contributed by atoms with Crippen molar-refractivity contribution < 1.29 is 4.79 Å². The molecule has 3 nitrogen and oxygen atoms in total. The molecule has 68 valence electrons. The molecule has 1 aliphatic heterocycles. The van der Waals surface area contributed by atoms with Crippen LogP contribution in [0.2, 0.25) is 0 Å². The standard InChI is InChI=1S/C9H16N2O/c1-9(6-2-3-6)5-4-7(11-9)8(10)12/h6-7,11H,2-5H2,1H3,(H2,10,12). The summed E-state index contributed by atoms with van der Waals surface area (Å²) < 4.78 is 0. The van der Waals surface area contributed by atoms with E-state index >= 15 is 0 Å². The topological polar surface area (TPSA) is 55.1 Å². The minimum atomic E-state index is -0.195. The van der Waals surface area contributed by atoms with E-state index in [-0.39, 0.29) is 17.5 Å². The zero-order valence-corrected chi connectivity index (χ0v) is 7.47. The van der Waals surface area contributed by atoms with E-state index in [1.54, 1.807) is 0 Å². The molecule has 0 aromatic heterocycles. The van der Waals surface area contributed by atoms with Crippen LogP contribution in [0.1, 0.15) is 32.6 Å². The van der Waals surface area contributed by atoms with Crippen LogP contribution in [-0.4, -0.2) is 17.5 Å². The fourth-order valence-electron chi connectivity index (χ4n) is 2.24. The average molecular weight is 168 g/mol. The van der Waals surface area contributed by atoms with Crippen molar-refractivity contribution in [2.24, 2.45) is 11.7 Å². The van der Waals surface area contributed by atoms with Gasteiger partial charge in [-0.05, 0) is 38.5 Å². The van der Waals surface area contributed by atoms with E-state index in [1.807, 2.05) is 0 Å². The van der Waals surface area contributed by atoms with Crippen molar-refractivity contribution in [1.82, 2.24) is 5.32 Å². The number of nitrogens with one attached hydrogen (secondary N) is 1. The highest BCUT2D eigenvalue weighted by Gasteiger charge is 2.46. The molecular weight excluding hydrogens is 152 g/mol. The van der Waals surface area contributed by atoms with E-state index in [0.29, 0.717) is 0 Å². The highest BCUT2D eigenvalue weighted by Crippen LogP contribution is 2.44. The third-order valence-corrected chi connectivity index (χ3v) is 3.28. The molecule has 2 rings (SSSR count). The van der Waals surface area contributed by atoms with Crippen molar-refractivity contribution in [2.45, 2.75) is 44.2 Å². The number of rotatable bonds is 2. The van der Waals surface area contributed by atoms with Gasteiger partial charge < -0.3 is 11.1 Å². The van der Waals surface area contributed by atoms with Gasteiger partial charge in [0.2, 0.25) is 5.91 Å². The molecule has 2 fully saturated rings. The Bertz CT molecular complexity index is 213. The lowest BCUT2D eigenvalue weighted by Crippen LogP contribution is -2.47. The summed E-state index contributed by atoms with van der Waals surface area (Å²) in [5, 5.41) is 3.35. The number of carbonyl (C=O) groups excluding carboxylic acids is 1. The molecular formula is C9H16N2O. The Morgan fingerprint density at radius 2 is 2.17 bits per heavy atom. The summed E-state index contributed by atoms with van der Waals surface area (Å²) in [4.78, 5) is 10.9. The van der Waals surface area contributed by atoms with Crippen molar-refractivity contribution in [3.05, 3.63) is 0 Å². The zero-order valence-electron chi connectivity index (χ0n) is 7.47. The molecule has 1 saturated heterocycles. The fourth-order valence-corrected chi connectivity index (χ4v) is 2.24. The molecule has 0 bridgehead atoms. The van der Waals surface area contributed by atoms with Crippen LogP contribution in [0.3, 0.4) is 0 Å². The second-order valence-electron chi connectivity index (χ2n) is 4.33. The highest BCUT2D eigenvalue weighted by molar-refractivity contribution is 5.80. The molecule has 0 radical (unpaired) electrons. The predicted octanol–water partition coefficient (Wildman–Crippen LogP) is 0.392. The molecule has 12 heavy (non-hydrogen) atoms. The number of carbonyl (C=O) groups is 1. The number of hydrogen-bond acceptors (Lipinski definition) is 2. The zero-order chi connectivity index (χ0) is 8.77. The monoisotopic (exact) mass is 168 g/mol. The molecule has 3 N–H and O–H groups in total. The van der Waals surface area contributed by atoms with Gasteiger partial charge in [0, 0.05) is 5.54 Å². The quantitative estimate of drug-likeness (QED) is 0.626. The van der Waals surface area contributed by atoms with Gasteiger partial charge in [0.15, 0.2) is 0 Å². The molecule has 3 heteroatoms. The van der Waals surface area contributed by atoms with Crippen molar-refractivity contribution >= 4 is 5.91 Å². The molecule has 1 heterocycles. The third-order valence-electron chi connectivity index (χ3n) is 3.28. The molecule has 1 amide bonds. The van der Waals surface area contributed by atoms with E-state index < -0.39 is 0 Å². The van der Waals surface area contributed by atoms with E-state index in [4.69, 9.17) is 5.73 Å². The number of primary amides is 1. The Labute approximate surface area is 72.7 Å². The highest BCUT2D eigenvalue weighted by atomic mass is 16.1. The van der Waals surface area contributed by atoms with Gasteiger partial charge in [-0.1, -0.05) is 0 Å². The summed E-state index contributed by atoms with van der Waals surface area (Å²) >= 11 is 0. The van der Waals surface area contributed by atoms with Gasteiger partial charge in [0.25, 0.3) is 0 Å². The van der Waals surface area contributed by atoms with Crippen LogP contribution in [0.25, 0.3) is 0 Å². The van der Waals surface area contributed by atoms with Crippen LogP contribution in [0.4, 0.5) is 0 Å². The van der Waals surface area contributed by atoms with Gasteiger partial charge in [-0.2, -0.15) is 0 Å². The Balaban J connectivity index is 2.00.